The first-order chi connectivity index (χ1) is 11.9. The standard InChI is InChI=1S/C23H47NO3/c1-18(2)15-21(6,7)24(17-20(3,4)5)19(25)16-23(10,11)27-14-13-22(8,9)26-12/h18H,13-17H2,1-12H3. The zero-order valence-corrected chi connectivity index (χ0v) is 20.3. The van der Waals surface area contributed by atoms with Crippen LogP contribution in [-0.4, -0.2) is 47.8 Å². The molecule has 0 fully saturated rings. The highest BCUT2D eigenvalue weighted by molar-refractivity contribution is 5.78. The lowest BCUT2D eigenvalue weighted by Gasteiger charge is -2.44. The lowest BCUT2D eigenvalue weighted by atomic mass is 9.86. The normalized spacial score (nSPS) is 14.0. The molecular formula is C23H47NO3. The summed E-state index contributed by atoms with van der Waals surface area (Å²) in [6.07, 6.45) is 2.17. The highest BCUT2D eigenvalue weighted by Gasteiger charge is 2.36. The molecule has 0 saturated carbocycles. The topological polar surface area (TPSA) is 38.8 Å². The van der Waals surface area contributed by atoms with Gasteiger partial charge in [-0.1, -0.05) is 34.6 Å². The van der Waals surface area contributed by atoms with Crippen molar-refractivity contribution in [2.24, 2.45) is 11.3 Å². The van der Waals surface area contributed by atoms with Crippen LogP contribution >= 0.6 is 0 Å². The van der Waals surface area contributed by atoms with Crippen LogP contribution in [0.1, 0.15) is 95.4 Å². The van der Waals surface area contributed by atoms with Gasteiger partial charge in [-0.05, 0) is 65.7 Å². The van der Waals surface area contributed by atoms with Crippen molar-refractivity contribution in [2.75, 3.05) is 20.3 Å². The van der Waals surface area contributed by atoms with Crippen LogP contribution in [0.25, 0.3) is 0 Å². The molecule has 0 aromatic heterocycles. The van der Waals surface area contributed by atoms with Gasteiger partial charge in [-0.25, -0.2) is 0 Å². The summed E-state index contributed by atoms with van der Waals surface area (Å²) < 4.78 is 11.5. The Hall–Kier alpha value is -0.610. The molecule has 27 heavy (non-hydrogen) atoms. The molecule has 0 aromatic carbocycles. The Kier molecular flexibility index (Phi) is 9.51. The number of carbonyl (C=O) groups excluding carboxylic acids is 1. The third kappa shape index (κ3) is 11.1. The maximum atomic E-state index is 13.3. The van der Waals surface area contributed by atoms with Gasteiger partial charge in [0.2, 0.25) is 5.91 Å². The molecule has 0 spiro atoms. The molecular weight excluding hydrogens is 338 g/mol. The molecule has 0 aliphatic carbocycles. The average Bonchev–Trinajstić information content (AvgIpc) is 2.41. The van der Waals surface area contributed by atoms with Crippen LogP contribution in [0.15, 0.2) is 0 Å². The second kappa shape index (κ2) is 9.73. The number of ether oxygens (including phenoxy) is 2. The Morgan fingerprint density at radius 3 is 1.85 bits per heavy atom. The minimum absolute atomic E-state index is 0.0530. The van der Waals surface area contributed by atoms with E-state index in [4.69, 9.17) is 9.47 Å². The van der Waals surface area contributed by atoms with Gasteiger partial charge in [0.05, 0.1) is 24.2 Å². The van der Waals surface area contributed by atoms with Crippen LogP contribution in [0.4, 0.5) is 0 Å². The van der Waals surface area contributed by atoms with E-state index in [2.05, 4.69) is 53.4 Å². The van der Waals surface area contributed by atoms with Gasteiger partial charge in [0.1, 0.15) is 0 Å². The Labute approximate surface area is 169 Å². The fourth-order valence-corrected chi connectivity index (χ4v) is 3.41. The fraction of sp³-hybridized carbons (Fsp3) is 0.957. The van der Waals surface area contributed by atoms with E-state index in [0.717, 1.165) is 19.4 Å². The van der Waals surface area contributed by atoms with E-state index in [0.29, 0.717) is 18.9 Å². The molecule has 1 amide bonds. The number of hydrogen-bond acceptors (Lipinski definition) is 3. The maximum Gasteiger partial charge on any atom is 0.225 e. The van der Waals surface area contributed by atoms with E-state index in [9.17, 15) is 4.79 Å². The van der Waals surface area contributed by atoms with E-state index in [-0.39, 0.29) is 22.5 Å². The quantitative estimate of drug-likeness (QED) is 0.459. The minimum atomic E-state index is -0.495. The number of nitrogens with zero attached hydrogens (tertiary/aromatic N) is 1. The number of amides is 1. The zero-order valence-electron chi connectivity index (χ0n) is 20.3. The lowest BCUT2D eigenvalue weighted by Crippen LogP contribution is -2.53. The van der Waals surface area contributed by atoms with Gasteiger partial charge in [-0.2, -0.15) is 0 Å². The van der Waals surface area contributed by atoms with Crippen LogP contribution in [0, 0.1) is 11.3 Å². The Morgan fingerprint density at radius 1 is 0.926 bits per heavy atom. The molecule has 0 atom stereocenters. The first-order valence-electron chi connectivity index (χ1n) is 10.4. The Balaban J connectivity index is 5.15. The van der Waals surface area contributed by atoms with Gasteiger partial charge in [0.15, 0.2) is 0 Å². The van der Waals surface area contributed by atoms with Crippen LogP contribution in [0.3, 0.4) is 0 Å². The lowest BCUT2D eigenvalue weighted by molar-refractivity contribution is -0.146. The number of carbonyl (C=O) groups is 1. The monoisotopic (exact) mass is 385 g/mol. The molecule has 162 valence electrons. The third-order valence-electron chi connectivity index (χ3n) is 4.90. The SMILES string of the molecule is COC(C)(C)CCOC(C)(C)CC(=O)N(CC(C)(C)C)C(C)(C)CC(C)C. The van der Waals surface area contributed by atoms with E-state index >= 15 is 0 Å². The average molecular weight is 386 g/mol. The van der Waals surface area contributed by atoms with Gasteiger partial charge in [-0.3, -0.25) is 4.79 Å². The molecule has 0 aliphatic rings. The van der Waals surface area contributed by atoms with Gasteiger partial charge < -0.3 is 14.4 Å². The fourth-order valence-electron chi connectivity index (χ4n) is 3.41. The third-order valence-corrected chi connectivity index (χ3v) is 4.90. The van der Waals surface area contributed by atoms with Crippen molar-refractivity contribution in [3.05, 3.63) is 0 Å². The second-order valence-corrected chi connectivity index (χ2v) is 11.4. The summed E-state index contributed by atoms with van der Waals surface area (Å²) in [4.78, 5) is 15.4. The first kappa shape index (κ1) is 26.4. The van der Waals surface area contributed by atoms with Crippen molar-refractivity contribution in [3.63, 3.8) is 0 Å². The highest BCUT2D eigenvalue weighted by atomic mass is 16.5. The van der Waals surface area contributed by atoms with Gasteiger partial charge >= 0.3 is 0 Å². The van der Waals surface area contributed by atoms with Crippen LogP contribution < -0.4 is 0 Å². The van der Waals surface area contributed by atoms with E-state index in [1.807, 2.05) is 27.7 Å². The molecule has 0 aromatic rings. The molecule has 4 heteroatoms. The van der Waals surface area contributed by atoms with Crippen LogP contribution in [0.5, 0.6) is 0 Å². The summed E-state index contributed by atoms with van der Waals surface area (Å²) in [5.41, 5.74) is -0.827. The summed E-state index contributed by atoms with van der Waals surface area (Å²) in [5, 5.41) is 0. The Bertz CT molecular complexity index is 459. The smallest absolute Gasteiger partial charge is 0.225 e. The van der Waals surface area contributed by atoms with Crippen molar-refractivity contribution in [2.45, 2.75) is 112 Å². The van der Waals surface area contributed by atoms with Gasteiger partial charge in [-0.15, -0.1) is 0 Å². The van der Waals surface area contributed by atoms with Gasteiger partial charge in [0, 0.05) is 19.2 Å². The van der Waals surface area contributed by atoms with Crippen LogP contribution in [-0.2, 0) is 14.3 Å². The molecule has 0 unspecified atom stereocenters. The summed E-state index contributed by atoms with van der Waals surface area (Å²) in [5.74, 6) is 0.711. The van der Waals surface area contributed by atoms with Crippen molar-refractivity contribution in [1.82, 2.24) is 4.90 Å². The summed E-state index contributed by atoms with van der Waals surface area (Å²) in [7, 11) is 1.72. The van der Waals surface area contributed by atoms with Crippen molar-refractivity contribution in [3.8, 4) is 0 Å². The Morgan fingerprint density at radius 2 is 1.44 bits per heavy atom. The minimum Gasteiger partial charge on any atom is -0.379 e. The van der Waals surface area contributed by atoms with Crippen molar-refractivity contribution < 1.29 is 14.3 Å². The molecule has 0 rings (SSSR count). The van der Waals surface area contributed by atoms with Crippen molar-refractivity contribution >= 4 is 5.91 Å². The predicted molar refractivity (Wildman–Crippen MR) is 115 cm³/mol. The number of rotatable bonds is 11. The maximum absolute atomic E-state index is 13.3. The molecule has 0 radical (unpaired) electrons. The van der Waals surface area contributed by atoms with E-state index in [1.54, 1.807) is 7.11 Å². The molecule has 0 saturated heterocycles. The largest absolute Gasteiger partial charge is 0.379 e. The summed E-state index contributed by atoms with van der Waals surface area (Å²) in [6.45, 7) is 24.8. The zero-order chi connectivity index (χ0) is 21.7. The molecule has 0 N–H and O–H groups in total. The second-order valence-electron chi connectivity index (χ2n) is 11.4. The predicted octanol–water partition coefficient (Wildman–Crippen LogP) is 5.69. The number of hydrogen-bond donors (Lipinski definition) is 0. The summed E-state index contributed by atoms with van der Waals surface area (Å²) >= 11 is 0. The number of methoxy groups -OCH3 is 1. The highest BCUT2D eigenvalue weighted by Crippen LogP contribution is 2.30. The molecule has 0 bridgehead atoms. The molecule has 0 heterocycles. The van der Waals surface area contributed by atoms with E-state index in [1.165, 1.54) is 0 Å². The van der Waals surface area contributed by atoms with E-state index < -0.39 is 5.60 Å². The summed E-state index contributed by atoms with van der Waals surface area (Å²) in [6, 6.07) is 0. The van der Waals surface area contributed by atoms with Crippen LogP contribution in [0.2, 0.25) is 0 Å². The molecule has 4 nitrogen and oxygen atoms in total. The van der Waals surface area contributed by atoms with Crippen molar-refractivity contribution in [1.29, 1.82) is 0 Å². The van der Waals surface area contributed by atoms with Gasteiger partial charge in [0.25, 0.3) is 0 Å². The molecule has 0 aliphatic heterocycles. The first-order valence-corrected chi connectivity index (χ1v) is 10.4.